The summed E-state index contributed by atoms with van der Waals surface area (Å²) in [5, 5.41) is 9.88. The Hall–Kier alpha value is -0.780. The van der Waals surface area contributed by atoms with Gasteiger partial charge in [0.15, 0.2) is 5.88 Å². The van der Waals surface area contributed by atoms with Crippen molar-refractivity contribution >= 4 is 0 Å². The molecule has 1 aliphatic heterocycles. The Labute approximate surface area is 104 Å². The average molecular weight is 242 g/mol. The van der Waals surface area contributed by atoms with E-state index in [0.717, 1.165) is 38.8 Å². The van der Waals surface area contributed by atoms with E-state index in [4.69, 9.17) is 11.5 Å². The van der Waals surface area contributed by atoms with E-state index in [-0.39, 0.29) is 18.3 Å². The highest BCUT2D eigenvalue weighted by Crippen LogP contribution is 2.18. The average Bonchev–Trinajstić information content (AvgIpc) is 2.28. The predicted molar refractivity (Wildman–Crippen MR) is 69.9 cm³/mol. The van der Waals surface area contributed by atoms with Gasteiger partial charge in [0.25, 0.3) is 0 Å². The molecule has 2 unspecified atom stereocenters. The molecule has 0 saturated carbocycles. The predicted octanol–water partition coefficient (Wildman–Crippen LogP) is 1.13. The van der Waals surface area contributed by atoms with Crippen LogP contribution in [0.4, 0.5) is 0 Å². The standard InChI is InChI=1S/C12H26N4O/c1-3-5-7-15-10(13)9-11(17)16(12(15)14)8-6-4-2/h9-10,12,17H,3-8,13-14H2,1-2H3. The van der Waals surface area contributed by atoms with Crippen LogP contribution in [0.5, 0.6) is 0 Å². The number of unbranched alkanes of at least 4 members (excludes halogenated alkanes) is 2. The van der Waals surface area contributed by atoms with Gasteiger partial charge in [-0.2, -0.15) is 0 Å². The van der Waals surface area contributed by atoms with E-state index in [1.807, 2.05) is 9.80 Å². The third-order valence-corrected chi connectivity index (χ3v) is 3.18. The fourth-order valence-electron chi connectivity index (χ4n) is 2.03. The van der Waals surface area contributed by atoms with Crippen LogP contribution in [0.25, 0.3) is 0 Å². The number of rotatable bonds is 6. The van der Waals surface area contributed by atoms with Crippen LogP contribution < -0.4 is 11.5 Å². The maximum Gasteiger partial charge on any atom is 0.187 e. The van der Waals surface area contributed by atoms with Gasteiger partial charge in [-0.3, -0.25) is 10.6 Å². The van der Waals surface area contributed by atoms with Crippen LogP contribution in [0.3, 0.4) is 0 Å². The summed E-state index contributed by atoms with van der Waals surface area (Å²) in [6.07, 6.45) is 5.36. The summed E-state index contributed by atoms with van der Waals surface area (Å²) < 4.78 is 0. The number of nitrogens with two attached hydrogens (primary N) is 2. The lowest BCUT2D eigenvalue weighted by Crippen LogP contribution is -2.62. The first kappa shape index (κ1) is 14.3. The molecule has 5 heteroatoms. The Morgan fingerprint density at radius 2 is 1.76 bits per heavy atom. The minimum atomic E-state index is -0.312. The first-order valence-electron chi connectivity index (χ1n) is 6.56. The van der Waals surface area contributed by atoms with Gasteiger partial charge in [-0.1, -0.05) is 26.7 Å². The smallest absolute Gasteiger partial charge is 0.187 e. The monoisotopic (exact) mass is 242 g/mol. The van der Waals surface area contributed by atoms with Crippen molar-refractivity contribution in [2.75, 3.05) is 13.1 Å². The first-order chi connectivity index (χ1) is 8.11. The molecular formula is C12H26N4O. The molecule has 2 atom stereocenters. The molecule has 0 saturated heterocycles. The number of hydrogen-bond donors (Lipinski definition) is 3. The van der Waals surface area contributed by atoms with Crippen molar-refractivity contribution in [2.45, 2.75) is 52.0 Å². The molecule has 0 amide bonds. The molecule has 0 spiro atoms. The van der Waals surface area contributed by atoms with Crippen molar-refractivity contribution in [1.82, 2.24) is 9.80 Å². The van der Waals surface area contributed by atoms with E-state index in [9.17, 15) is 5.11 Å². The molecule has 5 nitrogen and oxygen atoms in total. The Kier molecular flexibility index (Phi) is 5.74. The van der Waals surface area contributed by atoms with Crippen LogP contribution >= 0.6 is 0 Å². The van der Waals surface area contributed by atoms with Crippen LogP contribution in [0, 0.1) is 0 Å². The molecule has 0 aromatic rings. The van der Waals surface area contributed by atoms with Gasteiger partial charge in [0.05, 0.1) is 6.17 Å². The Bertz CT molecular complexity index is 257. The molecule has 0 aliphatic carbocycles. The summed E-state index contributed by atoms with van der Waals surface area (Å²) in [5.74, 6) is 0.214. The molecule has 1 heterocycles. The fourth-order valence-corrected chi connectivity index (χ4v) is 2.03. The zero-order valence-electron chi connectivity index (χ0n) is 11.0. The molecule has 1 aliphatic rings. The van der Waals surface area contributed by atoms with Crippen LogP contribution in [-0.4, -0.2) is 40.5 Å². The molecule has 0 bridgehead atoms. The number of nitrogens with zero attached hydrogens (tertiary/aromatic N) is 2. The molecule has 0 aromatic carbocycles. The van der Waals surface area contributed by atoms with Crippen molar-refractivity contribution in [3.05, 3.63) is 12.0 Å². The quantitative estimate of drug-likeness (QED) is 0.651. The van der Waals surface area contributed by atoms with Crippen molar-refractivity contribution in [3.63, 3.8) is 0 Å². The maximum atomic E-state index is 9.88. The van der Waals surface area contributed by atoms with Crippen LogP contribution in [0.2, 0.25) is 0 Å². The summed E-state index contributed by atoms with van der Waals surface area (Å²) in [5.41, 5.74) is 12.1. The van der Waals surface area contributed by atoms with E-state index >= 15 is 0 Å². The largest absolute Gasteiger partial charge is 0.495 e. The molecule has 100 valence electrons. The number of aliphatic hydroxyl groups excluding tert-OH is 1. The Morgan fingerprint density at radius 1 is 1.18 bits per heavy atom. The van der Waals surface area contributed by atoms with E-state index in [1.54, 1.807) is 6.08 Å². The van der Waals surface area contributed by atoms with Crippen molar-refractivity contribution in [2.24, 2.45) is 11.5 Å². The molecule has 0 aromatic heterocycles. The first-order valence-corrected chi connectivity index (χ1v) is 6.56. The molecular weight excluding hydrogens is 216 g/mol. The van der Waals surface area contributed by atoms with Crippen molar-refractivity contribution in [1.29, 1.82) is 0 Å². The summed E-state index contributed by atoms with van der Waals surface area (Å²) in [4.78, 5) is 3.85. The van der Waals surface area contributed by atoms with E-state index in [2.05, 4.69) is 13.8 Å². The minimum absolute atomic E-state index is 0.214. The molecule has 0 radical (unpaired) electrons. The SMILES string of the molecule is CCCCN1C(O)=CC(N)N(CCCC)C1N. The van der Waals surface area contributed by atoms with Gasteiger partial charge in [-0.05, 0) is 12.8 Å². The zero-order valence-corrected chi connectivity index (χ0v) is 11.0. The fraction of sp³-hybridized carbons (Fsp3) is 0.833. The third kappa shape index (κ3) is 3.59. The van der Waals surface area contributed by atoms with Gasteiger partial charge in [-0.15, -0.1) is 0 Å². The van der Waals surface area contributed by atoms with Crippen LogP contribution in [-0.2, 0) is 0 Å². The van der Waals surface area contributed by atoms with Crippen molar-refractivity contribution < 1.29 is 5.11 Å². The second-order valence-electron chi connectivity index (χ2n) is 4.57. The lowest BCUT2D eigenvalue weighted by atomic mass is 10.2. The summed E-state index contributed by atoms with van der Waals surface area (Å²) in [6.45, 7) is 5.90. The highest BCUT2D eigenvalue weighted by molar-refractivity contribution is 5.04. The number of hydrogen-bond acceptors (Lipinski definition) is 5. The highest BCUT2D eigenvalue weighted by Gasteiger charge is 2.30. The van der Waals surface area contributed by atoms with Gasteiger partial charge < -0.3 is 15.7 Å². The lowest BCUT2D eigenvalue weighted by Gasteiger charge is -2.43. The summed E-state index contributed by atoms with van der Waals surface area (Å²) >= 11 is 0. The molecule has 1 rings (SSSR count). The second-order valence-corrected chi connectivity index (χ2v) is 4.57. The maximum absolute atomic E-state index is 9.88. The van der Waals surface area contributed by atoms with Crippen LogP contribution in [0.1, 0.15) is 39.5 Å². The Balaban J connectivity index is 2.68. The summed E-state index contributed by atoms with van der Waals surface area (Å²) in [7, 11) is 0. The highest BCUT2D eigenvalue weighted by atomic mass is 16.3. The van der Waals surface area contributed by atoms with Crippen molar-refractivity contribution in [3.8, 4) is 0 Å². The van der Waals surface area contributed by atoms with Gasteiger partial charge in [0.2, 0.25) is 0 Å². The van der Waals surface area contributed by atoms with Crippen LogP contribution in [0.15, 0.2) is 12.0 Å². The van der Waals surface area contributed by atoms with E-state index in [0.29, 0.717) is 0 Å². The summed E-state index contributed by atoms with van der Waals surface area (Å²) in [6, 6.07) is 0. The van der Waals surface area contributed by atoms with Gasteiger partial charge in [0, 0.05) is 19.2 Å². The lowest BCUT2D eigenvalue weighted by molar-refractivity contribution is -0.00322. The number of aliphatic hydroxyl groups is 1. The molecule has 5 N–H and O–H groups in total. The second kappa shape index (κ2) is 6.83. The third-order valence-electron chi connectivity index (χ3n) is 3.18. The van der Waals surface area contributed by atoms with Gasteiger partial charge >= 0.3 is 0 Å². The zero-order chi connectivity index (χ0) is 12.8. The topological polar surface area (TPSA) is 78.8 Å². The Morgan fingerprint density at radius 3 is 2.35 bits per heavy atom. The van der Waals surface area contributed by atoms with E-state index < -0.39 is 0 Å². The van der Waals surface area contributed by atoms with E-state index in [1.165, 1.54) is 0 Å². The van der Waals surface area contributed by atoms with Gasteiger partial charge in [0.1, 0.15) is 6.29 Å². The van der Waals surface area contributed by atoms with Gasteiger partial charge in [-0.25, -0.2) is 0 Å². The normalized spacial score (nSPS) is 26.1. The minimum Gasteiger partial charge on any atom is -0.495 e. The molecule has 0 fully saturated rings. The molecule has 17 heavy (non-hydrogen) atoms.